The van der Waals surface area contributed by atoms with Crippen LogP contribution in [-0.2, 0) is 4.74 Å². The Labute approximate surface area is 342 Å². The van der Waals surface area contributed by atoms with Crippen LogP contribution < -0.4 is 0 Å². The van der Waals surface area contributed by atoms with Gasteiger partial charge in [0.1, 0.15) is 0 Å². The fourth-order valence-electron chi connectivity index (χ4n) is 17.8. The number of allylic oxidation sites excluding steroid dienone is 2. The molecule has 0 amide bonds. The molecule has 8 aliphatic carbocycles. The van der Waals surface area contributed by atoms with Gasteiger partial charge < -0.3 is 4.74 Å². The highest BCUT2D eigenvalue weighted by atomic mass is 16.5. The maximum atomic E-state index is 7.26. The number of hydrogen-bond donors (Lipinski definition) is 0. The first kappa shape index (κ1) is 41.2. The van der Waals surface area contributed by atoms with Crippen molar-refractivity contribution in [3.63, 3.8) is 0 Å². The Balaban J connectivity index is 0.872. The SMILES string of the molecule is CC(C)CCC[C@@H](C)[C@H]1CC[C@H]2[C@@H]3CC=C4C[C@@H](O[C@H]5CC[C@@]6(C)C(=CC[C@@H]7[C@H]8CC[C@@H]([C@H](C)CCCC(C)C)[C@@]8(C)CC[C@H]76)C5)CC[C@@]4(C)[C@@H]3CC[C@@]12C. The molecule has 0 aromatic heterocycles. The van der Waals surface area contributed by atoms with Crippen LogP contribution in [0.25, 0.3) is 0 Å². The van der Waals surface area contributed by atoms with E-state index in [4.69, 9.17) is 4.74 Å². The number of ether oxygens (including phenoxy) is 1. The quantitative estimate of drug-likeness (QED) is 0.180. The highest BCUT2D eigenvalue weighted by molar-refractivity contribution is 5.27. The Morgan fingerprint density at radius 2 is 0.927 bits per heavy atom. The van der Waals surface area contributed by atoms with Gasteiger partial charge in [-0.2, -0.15) is 0 Å². The molecule has 0 aliphatic heterocycles. The van der Waals surface area contributed by atoms with Gasteiger partial charge in [0, 0.05) is 0 Å². The van der Waals surface area contributed by atoms with Crippen molar-refractivity contribution in [3.05, 3.63) is 23.3 Å². The van der Waals surface area contributed by atoms with Gasteiger partial charge in [0.2, 0.25) is 0 Å². The fourth-order valence-corrected chi connectivity index (χ4v) is 17.8. The van der Waals surface area contributed by atoms with E-state index < -0.39 is 0 Å². The summed E-state index contributed by atoms with van der Waals surface area (Å²) in [6, 6.07) is 0. The topological polar surface area (TPSA) is 9.23 Å². The highest BCUT2D eigenvalue weighted by Gasteiger charge is 2.61. The van der Waals surface area contributed by atoms with E-state index in [1.165, 1.54) is 141 Å². The van der Waals surface area contributed by atoms with Gasteiger partial charge in [-0.25, -0.2) is 0 Å². The minimum absolute atomic E-state index is 0.428. The molecule has 0 unspecified atom stereocenters. The first-order valence-corrected chi connectivity index (χ1v) is 25.2. The Bertz CT molecular complexity index is 1300. The average Bonchev–Trinajstić information content (AvgIpc) is 3.68. The lowest BCUT2D eigenvalue weighted by Crippen LogP contribution is -2.52. The predicted octanol–water partition coefficient (Wildman–Crippen LogP) is 15.8. The van der Waals surface area contributed by atoms with Crippen LogP contribution in [0, 0.1) is 92.7 Å². The molecule has 0 heterocycles. The molecule has 0 aromatic carbocycles. The largest absolute Gasteiger partial charge is 0.374 e. The van der Waals surface area contributed by atoms with E-state index in [2.05, 4.69) is 81.4 Å². The van der Waals surface area contributed by atoms with E-state index in [1.807, 2.05) is 11.1 Å². The Hall–Kier alpha value is -0.560. The highest BCUT2D eigenvalue weighted by Crippen LogP contribution is 2.69. The summed E-state index contributed by atoms with van der Waals surface area (Å²) in [7, 11) is 0. The molecular weight excluding hydrogens is 665 g/mol. The zero-order chi connectivity index (χ0) is 38.9. The van der Waals surface area contributed by atoms with Gasteiger partial charge in [-0.15, -0.1) is 0 Å². The summed E-state index contributed by atoms with van der Waals surface area (Å²) < 4.78 is 7.26. The van der Waals surface area contributed by atoms with Crippen LogP contribution in [0.1, 0.15) is 210 Å². The Morgan fingerprint density at radius 3 is 1.33 bits per heavy atom. The monoisotopic (exact) mass is 755 g/mol. The molecule has 8 aliphatic rings. The molecule has 55 heavy (non-hydrogen) atoms. The van der Waals surface area contributed by atoms with E-state index in [9.17, 15) is 0 Å². The van der Waals surface area contributed by atoms with E-state index in [0.717, 1.165) is 71.0 Å². The van der Waals surface area contributed by atoms with Crippen LogP contribution in [0.4, 0.5) is 0 Å². The van der Waals surface area contributed by atoms with Gasteiger partial charge in [0.25, 0.3) is 0 Å². The lowest BCUT2D eigenvalue weighted by Gasteiger charge is -2.59. The van der Waals surface area contributed by atoms with Gasteiger partial charge in [0.05, 0.1) is 12.2 Å². The van der Waals surface area contributed by atoms with Crippen LogP contribution in [0.2, 0.25) is 0 Å². The van der Waals surface area contributed by atoms with Gasteiger partial charge in [-0.05, 0) is 195 Å². The molecule has 1 nitrogen and oxygen atoms in total. The second-order valence-electron chi connectivity index (χ2n) is 24.4. The molecule has 0 saturated heterocycles. The van der Waals surface area contributed by atoms with Crippen LogP contribution in [-0.4, -0.2) is 12.2 Å². The zero-order valence-electron chi connectivity index (χ0n) is 38.2. The summed E-state index contributed by atoms with van der Waals surface area (Å²) in [5, 5.41) is 0. The molecule has 6 saturated carbocycles. The maximum absolute atomic E-state index is 7.26. The van der Waals surface area contributed by atoms with Gasteiger partial charge in [-0.1, -0.05) is 131 Å². The van der Waals surface area contributed by atoms with Crippen molar-refractivity contribution in [1.29, 1.82) is 0 Å². The van der Waals surface area contributed by atoms with Crippen molar-refractivity contribution in [2.24, 2.45) is 92.7 Å². The van der Waals surface area contributed by atoms with Gasteiger partial charge in [-0.3, -0.25) is 0 Å². The van der Waals surface area contributed by atoms with Crippen molar-refractivity contribution in [2.45, 2.75) is 223 Å². The standard InChI is InChI=1S/C54H90O/c1-35(2)13-11-15-37(5)45-21-23-47-43-19-17-39-33-41(25-29-51(39,7)49(43)27-31-53(45,47)9)55-42-26-30-52(8)40(34-42)18-20-44-48-24-22-46(38(6)16-12-14-36(3)4)54(48,10)32-28-50(44)52/h17-18,35-38,41-50H,11-16,19-34H2,1-10H3/t37-,38-,41+,42+,43-,44+,45+,46-,47-,48+,49-,50-,51+,52-,53-,54+/m1/s1. The molecular formula is C54H90O. The van der Waals surface area contributed by atoms with Crippen molar-refractivity contribution in [3.8, 4) is 0 Å². The summed E-state index contributed by atoms with van der Waals surface area (Å²) in [5.41, 5.74) is 5.67. The molecule has 0 spiro atoms. The fraction of sp³-hybridized carbons (Fsp3) is 0.926. The normalized spacial score (nSPS) is 47.5. The summed E-state index contributed by atoms with van der Waals surface area (Å²) in [4.78, 5) is 0. The number of fused-ring (bicyclic) bond motifs is 10. The molecule has 0 aromatic rings. The minimum Gasteiger partial charge on any atom is -0.374 e. The molecule has 8 rings (SSSR count). The summed E-state index contributed by atoms with van der Waals surface area (Å²) in [6.45, 7) is 25.9. The predicted molar refractivity (Wildman–Crippen MR) is 235 cm³/mol. The lowest BCUT2D eigenvalue weighted by molar-refractivity contribution is -0.0927. The molecule has 0 bridgehead atoms. The average molecular weight is 755 g/mol. The van der Waals surface area contributed by atoms with E-state index in [0.29, 0.717) is 33.9 Å². The number of rotatable bonds is 12. The summed E-state index contributed by atoms with van der Waals surface area (Å²) in [5.74, 6) is 11.1. The maximum Gasteiger partial charge on any atom is 0.0616 e. The number of hydrogen-bond acceptors (Lipinski definition) is 1. The van der Waals surface area contributed by atoms with Crippen molar-refractivity contribution < 1.29 is 4.74 Å². The molecule has 6 fully saturated rings. The summed E-state index contributed by atoms with van der Waals surface area (Å²) >= 11 is 0. The van der Waals surface area contributed by atoms with Gasteiger partial charge in [0.15, 0.2) is 0 Å². The third-order valence-corrected chi connectivity index (χ3v) is 20.9. The second-order valence-corrected chi connectivity index (χ2v) is 24.4. The summed E-state index contributed by atoms with van der Waals surface area (Å²) in [6.07, 6.45) is 37.7. The van der Waals surface area contributed by atoms with E-state index >= 15 is 0 Å². The van der Waals surface area contributed by atoms with Crippen molar-refractivity contribution >= 4 is 0 Å². The molecule has 312 valence electrons. The third-order valence-electron chi connectivity index (χ3n) is 20.9. The van der Waals surface area contributed by atoms with Crippen molar-refractivity contribution in [2.75, 3.05) is 0 Å². The second kappa shape index (κ2) is 15.8. The minimum atomic E-state index is 0.428. The smallest absolute Gasteiger partial charge is 0.0616 e. The van der Waals surface area contributed by atoms with E-state index in [1.54, 1.807) is 0 Å². The Kier molecular flexibility index (Phi) is 11.8. The van der Waals surface area contributed by atoms with Crippen LogP contribution >= 0.6 is 0 Å². The lowest BCUT2D eigenvalue weighted by atomic mass is 9.46. The molecule has 0 radical (unpaired) electrons. The van der Waals surface area contributed by atoms with E-state index in [-0.39, 0.29) is 0 Å². The van der Waals surface area contributed by atoms with Crippen LogP contribution in [0.15, 0.2) is 23.3 Å². The van der Waals surface area contributed by atoms with Crippen molar-refractivity contribution in [1.82, 2.24) is 0 Å². The first-order valence-electron chi connectivity index (χ1n) is 25.2. The zero-order valence-corrected chi connectivity index (χ0v) is 38.2. The van der Waals surface area contributed by atoms with Crippen LogP contribution in [0.3, 0.4) is 0 Å². The first-order chi connectivity index (χ1) is 26.2. The molecule has 16 atom stereocenters. The van der Waals surface area contributed by atoms with Gasteiger partial charge >= 0.3 is 0 Å². The van der Waals surface area contributed by atoms with Crippen LogP contribution in [0.5, 0.6) is 0 Å². The Morgan fingerprint density at radius 1 is 0.509 bits per heavy atom. The molecule has 0 N–H and O–H groups in total. The molecule has 1 heteroatoms. The third kappa shape index (κ3) is 7.27.